The maximum atomic E-state index is 13.4. The molecule has 0 radical (unpaired) electrons. The maximum Gasteiger partial charge on any atom is 0.142 e. The van der Waals surface area contributed by atoms with Crippen LogP contribution in [0.5, 0.6) is 0 Å². The molecule has 108 valence electrons. The van der Waals surface area contributed by atoms with Crippen molar-refractivity contribution in [1.82, 2.24) is 9.88 Å². The highest BCUT2D eigenvalue weighted by molar-refractivity contribution is 6.30. The van der Waals surface area contributed by atoms with Gasteiger partial charge in [-0.05, 0) is 49.2 Å². The maximum absolute atomic E-state index is 13.4. The van der Waals surface area contributed by atoms with Crippen molar-refractivity contribution in [1.29, 1.82) is 0 Å². The minimum atomic E-state index is -0.366. The van der Waals surface area contributed by atoms with Crippen molar-refractivity contribution in [2.45, 2.75) is 32.9 Å². The molecule has 0 bridgehead atoms. The number of nitrogens with zero attached hydrogens (tertiary/aromatic N) is 1. The largest absolute Gasteiger partial charge is 0.350 e. The Balaban J connectivity index is 2.03. The summed E-state index contributed by atoms with van der Waals surface area (Å²) in [4.78, 5) is 0. The SMILES string of the molecule is CCCNC(C)c1ccn(Cc2ccc(Cl)c(F)c2)c1. The highest BCUT2D eigenvalue weighted by atomic mass is 35.5. The van der Waals surface area contributed by atoms with Gasteiger partial charge in [-0.25, -0.2) is 4.39 Å². The summed E-state index contributed by atoms with van der Waals surface area (Å²) in [5.74, 6) is -0.366. The molecule has 0 spiro atoms. The Morgan fingerprint density at radius 3 is 2.85 bits per heavy atom. The second-order valence-corrected chi connectivity index (χ2v) is 5.45. The van der Waals surface area contributed by atoms with E-state index in [2.05, 4.69) is 36.0 Å². The number of rotatable bonds is 6. The summed E-state index contributed by atoms with van der Waals surface area (Å²) in [6.45, 7) is 5.96. The first-order chi connectivity index (χ1) is 9.60. The minimum Gasteiger partial charge on any atom is -0.350 e. The molecule has 0 saturated carbocycles. The second-order valence-electron chi connectivity index (χ2n) is 5.04. The van der Waals surface area contributed by atoms with Crippen LogP contribution in [0.25, 0.3) is 0 Å². The predicted molar refractivity (Wildman–Crippen MR) is 81.7 cm³/mol. The molecule has 1 unspecified atom stereocenters. The topological polar surface area (TPSA) is 17.0 Å². The molecule has 0 amide bonds. The highest BCUT2D eigenvalue weighted by Gasteiger charge is 2.07. The van der Waals surface area contributed by atoms with Gasteiger partial charge in [0.1, 0.15) is 5.82 Å². The van der Waals surface area contributed by atoms with Gasteiger partial charge in [-0.3, -0.25) is 0 Å². The van der Waals surface area contributed by atoms with E-state index in [-0.39, 0.29) is 10.8 Å². The van der Waals surface area contributed by atoms with Crippen molar-refractivity contribution in [3.8, 4) is 0 Å². The van der Waals surface area contributed by atoms with E-state index in [9.17, 15) is 4.39 Å². The molecule has 0 aliphatic heterocycles. The molecule has 0 aliphatic carbocycles. The summed E-state index contributed by atoms with van der Waals surface area (Å²) in [6.07, 6.45) is 5.24. The molecule has 4 heteroatoms. The van der Waals surface area contributed by atoms with E-state index >= 15 is 0 Å². The van der Waals surface area contributed by atoms with E-state index in [0.29, 0.717) is 12.6 Å². The quantitative estimate of drug-likeness (QED) is 0.836. The molecule has 20 heavy (non-hydrogen) atoms. The van der Waals surface area contributed by atoms with Crippen LogP contribution in [0.1, 0.15) is 37.4 Å². The van der Waals surface area contributed by atoms with Crippen LogP contribution in [0.2, 0.25) is 5.02 Å². The number of aromatic nitrogens is 1. The summed E-state index contributed by atoms with van der Waals surface area (Å²) in [7, 11) is 0. The zero-order chi connectivity index (χ0) is 14.5. The first-order valence-electron chi connectivity index (χ1n) is 6.93. The first kappa shape index (κ1) is 15.1. The fraction of sp³-hybridized carbons (Fsp3) is 0.375. The molecule has 1 atom stereocenters. The lowest BCUT2D eigenvalue weighted by Crippen LogP contribution is -2.18. The number of hydrogen-bond acceptors (Lipinski definition) is 1. The van der Waals surface area contributed by atoms with E-state index in [0.717, 1.165) is 18.5 Å². The fourth-order valence-electron chi connectivity index (χ4n) is 2.14. The Bertz CT molecular complexity index is 565. The Morgan fingerprint density at radius 1 is 1.35 bits per heavy atom. The monoisotopic (exact) mass is 294 g/mol. The molecule has 1 heterocycles. The predicted octanol–water partition coefficient (Wildman–Crippen LogP) is 4.39. The van der Waals surface area contributed by atoms with E-state index in [4.69, 9.17) is 11.6 Å². The number of nitrogens with one attached hydrogen (secondary N) is 1. The first-order valence-corrected chi connectivity index (χ1v) is 7.31. The molecular weight excluding hydrogens is 275 g/mol. The number of halogens is 2. The van der Waals surface area contributed by atoms with Gasteiger partial charge < -0.3 is 9.88 Å². The van der Waals surface area contributed by atoms with Gasteiger partial charge in [0.25, 0.3) is 0 Å². The van der Waals surface area contributed by atoms with Crippen LogP contribution in [-0.2, 0) is 6.54 Å². The van der Waals surface area contributed by atoms with Crippen LogP contribution in [-0.4, -0.2) is 11.1 Å². The molecule has 1 aromatic carbocycles. The third-order valence-electron chi connectivity index (χ3n) is 3.32. The molecule has 0 aliphatic rings. The second kappa shape index (κ2) is 6.91. The Hall–Kier alpha value is -1.32. The summed E-state index contributed by atoms with van der Waals surface area (Å²) >= 11 is 5.69. The molecule has 0 saturated heterocycles. The van der Waals surface area contributed by atoms with Crippen LogP contribution in [0.4, 0.5) is 4.39 Å². The Kier molecular flexibility index (Phi) is 5.21. The van der Waals surface area contributed by atoms with Crippen molar-refractivity contribution >= 4 is 11.6 Å². The third kappa shape index (κ3) is 3.84. The highest BCUT2D eigenvalue weighted by Crippen LogP contribution is 2.18. The molecule has 2 nitrogen and oxygen atoms in total. The van der Waals surface area contributed by atoms with Gasteiger partial charge in [-0.2, -0.15) is 0 Å². The van der Waals surface area contributed by atoms with Gasteiger partial charge in [-0.15, -0.1) is 0 Å². The van der Waals surface area contributed by atoms with E-state index in [1.807, 2.05) is 12.3 Å². The fourth-order valence-corrected chi connectivity index (χ4v) is 2.26. The van der Waals surface area contributed by atoms with Gasteiger partial charge in [0, 0.05) is 25.0 Å². The van der Waals surface area contributed by atoms with Crippen molar-refractivity contribution in [3.05, 3.63) is 58.6 Å². The molecule has 0 fully saturated rings. The third-order valence-corrected chi connectivity index (χ3v) is 3.63. The van der Waals surface area contributed by atoms with Crippen molar-refractivity contribution < 1.29 is 4.39 Å². The Labute approximate surface area is 124 Å². The lowest BCUT2D eigenvalue weighted by molar-refractivity contribution is 0.569. The van der Waals surface area contributed by atoms with Crippen LogP contribution >= 0.6 is 11.6 Å². The average molecular weight is 295 g/mol. The minimum absolute atomic E-state index is 0.166. The van der Waals surface area contributed by atoms with E-state index in [1.54, 1.807) is 6.07 Å². The molecule has 1 aromatic heterocycles. The number of hydrogen-bond donors (Lipinski definition) is 1. The van der Waals surface area contributed by atoms with Gasteiger partial charge >= 0.3 is 0 Å². The molecular formula is C16H20ClFN2. The smallest absolute Gasteiger partial charge is 0.142 e. The van der Waals surface area contributed by atoms with Gasteiger partial charge in [0.2, 0.25) is 0 Å². The van der Waals surface area contributed by atoms with Crippen molar-refractivity contribution in [2.24, 2.45) is 0 Å². The van der Waals surface area contributed by atoms with E-state index in [1.165, 1.54) is 11.6 Å². The molecule has 2 rings (SSSR count). The van der Waals surface area contributed by atoms with Gasteiger partial charge in [-0.1, -0.05) is 24.6 Å². The molecule has 2 aromatic rings. The van der Waals surface area contributed by atoms with Crippen LogP contribution in [0, 0.1) is 5.82 Å². The standard InChI is InChI=1S/C16H20ClFN2/c1-3-7-19-12(2)14-6-8-20(11-14)10-13-4-5-15(17)16(18)9-13/h4-6,8-9,11-12,19H,3,7,10H2,1-2H3. The number of benzene rings is 1. The summed E-state index contributed by atoms with van der Waals surface area (Å²) in [6, 6.07) is 7.37. The Morgan fingerprint density at radius 2 is 2.15 bits per heavy atom. The van der Waals surface area contributed by atoms with Crippen LogP contribution in [0.15, 0.2) is 36.7 Å². The zero-order valence-corrected chi connectivity index (χ0v) is 12.6. The molecule has 1 N–H and O–H groups in total. The van der Waals surface area contributed by atoms with Crippen molar-refractivity contribution in [2.75, 3.05) is 6.54 Å². The lowest BCUT2D eigenvalue weighted by Gasteiger charge is -2.11. The summed E-state index contributed by atoms with van der Waals surface area (Å²) < 4.78 is 15.5. The lowest BCUT2D eigenvalue weighted by atomic mass is 10.2. The van der Waals surface area contributed by atoms with Crippen LogP contribution in [0.3, 0.4) is 0 Å². The summed E-state index contributed by atoms with van der Waals surface area (Å²) in [5, 5.41) is 3.62. The zero-order valence-electron chi connectivity index (χ0n) is 11.9. The van der Waals surface area contributed by atoms with Gasteiger partial charge in [0.15, 0.2) is 0 Å². The normalized spacial score (nSPS) is 12.6. The summed E-state index contributed by atoms with van der Waals surface area (Å²) in [5.41, 5.74) is 2.15. The average Bonchev–Trinajstić information content (AvgIpc) is 2.89. The van der Waals surface area contributed by atoms with E-state index < -0.39 is 0 Å². The van der Waals surface area contributed by atoms with Crippen LogP contribution < -0.4 is 5.32 Å². The van der Waals surface area contributed by atoms with Crippen molar-refractivity contribution in [3.63, 3.8) is 0 Å². The van der Waals surface area contributed by atoms with Gasteiger partial charge in [0.05, 0.1) is 5.02 Å².